The molecule has 2 heterocycles. The zero-order valence-electron chi connectivity index (χ0n) is 22.4. The van der Waals surface area contributed by atoms with E-state index in [1.54, 1.807) is 29.0 Å². The fourth-order valence-electron chi connectivity index (χ4n) is 4.92. The van der Waals surface area contributed by atoms with Crippen molar-refractivity contribution in [3.05, 3.63) is 70.4 Å². The van der Waals surface area contributed by atoms with Gasteiger partial charge in [-0.2, -0.15) is 0 Å². The Bertz CT molecular complexity index is 1370. The van der Waals surface area contributed by atoms with Gasteiger partial charge >= 0.3 is 17.9 Å². The van der Waals surface area contributed by atoms with E-state index in [1.165, 1.54) is 20.8 Å². The van der Waals surface area contributed by atoms with Crippen LogP contribution in [0.4, 0.5) is 0 Å². The van der Waals surface area contributed by atoms with Crippen LogP contribution in [0.15, 0.2) is 48.7 Å². The van der Waals surface area contributed by atoms with Gasteiger partial charge in [0.05, 0.1) is 17.1 Å². The molecule has 3 aromatic rings. The Morgan fingerprint density at radius 3 is 2.10 bits per heavy atom. The van der Waals surface area contributed by atoms with E-state index >= 15 is 0 Å². The Morgan fingerprint density at radius 1 is 0.923 bits per heavy atom. The van der Waals surface area contributed by atoms with Gasteiger partial charge in [0.1, 0.15) is 6.10 Å². The van der Waals surface area contributed by atoms with Crippen LogP contribution in [-0.2, 0) is 33.3 Å². The van der Waals surface area contributed by atoms with E-state index in [9.17, 15) is 19.5 Å². The second-order valence-electron chi connectivity index (χ2n) is 9.87. The molecule has 0 saturated carbocycles. The van der Waals surface area contributed by atoms with Crippen LogP contribution in [0, 0.1) is 0 Å². The number of rotatable bonds is 7. The molecule has 39 heavy (non-hydrogen) atoms. The molecule has 5 atom stereocenters. The molecule has 9 nitrogen and oxygen atoms in total. The minimum Gasteiger partial charge on any atom is -0.456 e. The summed E-state index contributed by atoms with van der Waals surface area (Å²) in [4.78, 5) is 35.9. The highest BCUT2D eigenvalue weighted by molar-refractivity contribution is 6.35. The number of hydrogen-bond acceptors (Lipinski definition) is 8. The van der Waals surface area contributed by atoms with Gasteiger partial charge in [-0.3, -0.25) is 14.4 Å². The van der Waals surface area contributed by atoms with Crippen molar-refractivity contribution in [2.24, 2.45) is 0 Å². The van der Waals surface area contributed by atoms with Crippen LogP contribution in [0.1, 0.15) is 69.6 Å². The fourth-order valence-corrected chi connectivity index (χ4v) is 5.20. The second-order valence-corrected chi connectivity index (χ2v) is 10.3. The number of aromatic nitrogens is 1. The molecule has 1 aliphatic rings. The van der Waals surface area contributed by atoms with Crippen molar-refractivity contribution in [2.75, 3.05) is 6.61 Å². The molecule has 0 bridgehead atoms. The lowest BCUT2D eigenvalue weighted by atomic mass is 9.97. The van der Waals surface area contributed by atoms with Gasteiger partial charge < -0.3 is 28.6 Å². The molecule has 1 fully saturated rings. The Kier molecular flexibility index (Phi) is 8.64. The molecule has 0 aliphatic carbocycles. The maximum Gasteiger partial charge on any atom is 0.303 e. The summed E-state index contributed by atoms with van der Waals surface area (Å²) in [6, 6.07) is 13.0. The summed E-state index contributed by atoms with van der Waals surface area (Å²) in [5.74, 6) is -1.55. The molecule has 1 saturated heterocycles. The third kappa shape index (κ3) is 6.11. The number of benzene rings is 2. The highest BCUT2D eigenvalue weighted by atomic mass is 35.5. The first kappa shape index (κ1) is 28.6. The quantitative estimate of drug-likeness (QED) is 0.325. The zero-order chi connectivity index (χ0) is 28.4. The summed E-state index contributed by atoms with van der Waals surface area (Å²) in [5.41, 5.74) is 2.94. The van der Waals surface area contributed by atoms with E-state index in [0.29, 0.717) is 33.0 Å². The molecule has 10 heteroatoms. The lowest BCUT2D eigenvalue weighted by Crippen LogP contribution is -2.55. The first-order valence-corrected chi connectivity index (χ1v) is 13.1. The van der Waals surface area contributed by atoms with Gasteiger partial charge in [-0.1, -0.05) is 55.8 Å². The molecule has 2 aromatic carbocycles. The number of carbonyl (C=O) groups excluding carboxylic acids is 3. The minimum atomic E-state index is -1.17. The van der Waals surface area contributed by atoms with Crippen LogP contribution in [-0.4, -0.2) is 52.5 Å². The smallest absolute Gasteiger partial charge is 0.303 e. The first-order valence-electron chi connectivity index (χ1n) is 12.7. The number of aliphatic hydroxyl groups is 1. The van der Waals surface area contributed by atoms with Crippen LogP contribution >= 0.6 is 11.6 Å². The lowest BCUT2D eigenvalue weighted by Gasteiger charge is -2.41. The van der Waals surface area contributed by atoms with Crippen molar-refractivity contribution in [3.8, 4) is 0 Å². The van der Waals surface area contributed by atoms with Gasteiger partial charge in [0.2, 0.25) is 0 Å². The molecule has 1 aliphatic heterocycles. The Labute approximate surface area is 231 Å². The number of carbonyl (C=O) groups is 3. The molecule has 4 rings (SSSR count). The molecular formula is C29H32ClNO8. The van der Waals surface area contributed by atoms with Crippen LogP contribution < -0.4 is 0 Å². The predicted molar refractivity (Wildman–Crippen MR) is 143 cm³/mol. The van der Waals surface area contributed by atoms with Crippen molar-refractivity contribution < 1.29 is 38.4 Å². The van der Waals surface area contributed by atoms with E-state index in [2.05, 4.69) is 13.8 Å². The average molecular weight is 558 g/mol. The van der Waals surface area contributed by atoms with Crippen LogP contribution in [0.5, 0.6) is 0 Å². The number of halogens is 1. The van der Waals surface area contributed by atoms with E-state index in [-0.39, 0.29) is 6.61 Å². The van der Waals surface area contributed by atoms with E-state index in [0.717, 1.165) is 5.56 Å². The van der Waals surface area contributed by atoms with Gasteiger partial charge in [0, 0.05) is 37.9 Å². The number of hydrogen-bond donors (Lipinski definition) is 1. The number of nitrogens with zero attached hydrogens (tertiary/aromatic N) is 1. The molecular weight excluding hydrogens is 526 g/mol. The molecule has 1 unspecified atom stereocenters. The Balaban J connectivity index is 1.82. The van der Waals surface area contributed by atoms with Crippen molar-refractivity contribution in [2.45, 2.75) is 71.2 Å². The molecule has 208 valence electrons. The van der Waals surface area contributed by atoms with Gasteiger partial charge in [0.25, 0.3) is 0 Å². The predicted octanol–water partition coefficient (Wildman–Crippen LogP) is 4.82. The van der Waals surface area contributed by atoms with Crippen molar-refractivity contribution >= 4 is 40.4 Å². The standard InChI is InChI=1S/C29H32ClNO8/c1-15(2)19-9-11-20(12-10-19)26(35)21-13-31(23-8-6-7-22(30)25(21)23)29-28(39-18(5)34)27(38-17(4)33)24(14-36-29)37-16(3)32/h6-13,15,24,26-29,35H,14H2,1-5H3/t24-,26?,27+,28-,29-/m1/s1. The molecule has 0 radical (unpaired) electrons. The SMILES string of the molecule is CC(=O)O[C@@H]1[C@@H](OC(C)=O)[C@H](OC(C)=O)CO[C@H]1n1cc(C(O)c2ccc(C(C)C)cc2)c2c(Cl)cccc21. The average Bonchev–Trinajstić information content (AvgIpc) is 3.25. The topological polar surface area (TPSA) is 113 Å². The van der Waals surface area contributed by atoms with Gasteiger partial charge in [-0.05, 0) is 29.2 Å². The van der Waals surface area contributed by atoms with Gasteiger partial charge in [0.15, 0.2) is 24.5 Å². The number of ether oxygens (including phenoxy) is 4. The fraction of sp³-hybridized carbons (Fsp3) is 0.414. The van der Waals surface area contributed by atoms with E-state index < -0.39 is 48.6 Å². The second kappa shape index (κ2) is 11.8. The maximum atomic E-state index is 12.1. The first-order chi connectivity index (χ1) is 18.5. The third-order valence-corrected chi connectivity index (χ3v) is 6.96. The number of esters is 3. The minimum absolute atomic E-state index is 0.130. The summed E-state index contributed by atoms with van der Waals surface area (Å²) in [6.07, 6.45) is -3.63. The van der Waals surface area contributed by atoms with Gasteiger partial charge in [-0.15, -0.1) is 0 Å². The summed E-state index contributed by atoms with van der Waals surface area (Å²) in [7, 11) is 0. The summed E-state index contributed by atoms with van der Waals surface area (Å²) in [5, 5.41) is 12.5. The molecule has 1 N–H and O–H groups in total. The van der Waals surface area contributed by atoms with Crippen LogP contribution in [0.2, 0.25) is 5.02 Å². The van der Waals surface area contributed by atoms with Gasteiger partial charge in [-0.25, -0.2) is 0 Å². The highest BCUT2D eigenvalue weighted by Gasteiger charge is 2.48. The van der Waals surface area contributed by atoms with E-state index in [4.69, 9.17) is 30.5 Å². The van der Waals surface area contributed by atoms with Crippen molar-refractivity contribution in [3.63, 3.8) is 0 Å². The summed E-state index contributed by atoms with van der Waals surface area (Å²) in [6.45, 7) is 7.71. The highest BCUT2D eigenvalue weighted by Crippen LogP contribution is 2.40. The largest absolute Gasteiger partial charge is 0.456 e. The number of fused-ring (bicyclic) bond motifs is 1. The Morgan fingerprint density at radius 2 is 1.51 bits per heavy atom. The lowest BCUT2D eigenvalue weighted by molar-refractivity contribution is -0.239. The monoisotopic (exact) mass is 557 g/mol. The maximum absolute atomic E-state index is 12.1. The molecule has 0 spiro atoms. The zero-order valence-corrected chi connectivity index (χ0v) is 23.2. The third-order valence-electron chi connectivity index (χ3n) is 6.65. The summed E-state index contributed by atoms with van der Waals surface area (Å²) < 4.78 is 24.2. The normalized spacial score (nSPS) is 21.9. The number of aliphatic hydroxyl groups excluding tert-OH is 1. The van der Waals surface area contributed by atoms with Crippen molar-refractivity contribution in [1.82, 2.24) is 4.57 Å². The van der Waals surface area contributed by atoms with Crippen molar-refractivity contribution in [1.29, 1.82) is 0 Å². The molecule has 0 amide bonds. The van der Waals surface area contributed by atoms with Crippen LogP contribution in [0.25, 0.3) is 10.9 Å². The van der Waals surface area contributed by atoms with E-state index in [1.807, 2.05) is 24.3 Å². The Hall–Kier alpha value is -3.40. The molecule has 1 aromatic heterocycles. The summed E-state index contributed by atoms with van der Waals surface area (Å²) >= 11 is 6.63. The van der Waals surface area contributed by atoms with Crippen LogP contribution in [0.3, 0.4) is 0 Å².